The molecule has 8 nitrogen and oxygen atoms in total. The molecule has 0 fully saturated rings. The summed E-state index contributed by atoms with van der Waals surface area (Å²) in [4.78, 5) is 18.8. The lowest BCUT2D eigenvalue weighted by atomic mass is 9.77. The van der Waals surface area contributed by atoms with Gasteiger partial charge in [-0.1, -0.05) is 17.7 Å². The van der Waals surface area contributed by atoms with E-state index in [2.05, 4.69) is 10.3 Å². The van der Waals surface area contributed by atoms with E-state index in [4.69, 9.17) is 33.2 Å². The van der Waals surface area contributed by atoms with Crippen LogP contribution in [-0.2, 0) is 9.53 Å². The van der Waals surface area contributed by atoms with Crippen molar-refractivity contribution < 1.29 is 9.53 Å². The Balaban J connectivity index is 1.73. The molecule has 1 amide bonds. The van der Waals surface area contributed by atoms with Gasteiger partial charge in [-0.2, -0.15) is 0 Å². The second-order valence-electron chi connectivity index (χ2n) is 7.35. The summed E-state index contributed by atoms with van der Waals surface area (Å²) < 4.78 is 5.60. The fourth-order valence-electron chi connectivity index (χ4n) is 3.81. The van der Waals surface area contributed by atoms with Crippen LogP contribution in [0.4, 0.5) is 0 Å². The van der Waals surface area contributed by atoms with Gasteiger partial charge >= 0.3 is 0 Å². The minimum atomic E-state index is -0.655. The van der Waals surface area contributed by atoms with Crippen molar-refractivity contribution in [2.24, 2.45) is 28.3 Å². The first-order chi connectivity index (χ1) is 13.8. The number of amides is 1. The highest BCUT2D eigenvalue weighted by Crippen LogP contribution is 2.33. The van der Waals surface area contributed by atoms with E-state index < -0.39 is 18.2 Å². The number of methoxy groups -OCH3 is 1. The van der Waals surface area contributed by atoms with Gasteiger partial charge in [0.25, 0.3) is 0 Å². The standard InChI is InChI=1S/C20H27ClN6O2/c1-27-8-4-3-5-15(27)26-20(28)11-6-7-12(14(9-11)29-2)17(22)16-18(23)13(21)10-25-19(16)24/h3-5,8-10,12,14-16,19,22H,6-7,23-24H2,1-2H3,(H,26,28). The van der Waals surface area contributed by atoms with Crippen molar-refractivity contribution in [1.82, 2.24) is 10.2 Å². The second kappa shape index (κ2) is 8.94. The average molecular weight is 419 g/mol. The number of likely N-dealkylation sites (N-methyl/N-ethyl adjacent to an activating group) is 1. The van der Waals surface area contributed by atoms with Gasteiger partial charge in [-0.25, -0.2) is 0 Å². The average Bonchev–Trinajstić information content (AvgIpc) is 2.72. The maximum atomic E-state index is 12.7. The fourth-order valence-corrected chi connectivity index (χ4v) is 3.99. The van der Waals surface area contributed by atoms with Gasteiger partial charge in [0.2, 0.25) is 5.91 Å². The molecule has 0 spiro atoms. The van der Waals surface area contributed by atoms with Crippen LogP contribution in [0.5, 0.6) is 0 Å². The number of hydrogen-bond acceptors (Lipinski definition) is 7. The molecule has 0 aromatic heterocycles. The Morgan fingerprint density at radius 2 is 2.21 bits per heavy atom. The molecule has 1 aliphatic carbocycles. The highest BCUT2D eigenvalue weighted by Gasteiger charge is 2.38. The Hall–Kier alpha value is -2.42. The van der Waals surface area contributed by atoms with E-state index in [1.165, 1.54) is 6.21 Å². The van der Waals surface area contributed by atoms with E-state index in [1.54, 1.807) is 13.2 Å². The Morgan fingerprint density at radius 1 is 1.45 bits per heavy atom. The van der Waals surface area contributed by atoms with E-state index in [1.807, 2.05) is 36.4 Å². The zero-order valence-electron chi connectivity index (χ0n) is 16.5. The summed E-state index contributed by atoms with van der Waals surface area (Å²) in [7, 11) is 3.46. The summed E-state index contributed by atoms with van der Waals surface area (Å²) in [5, 5.41) is 12.0. The summed E-state index contributed by atoms with van der Waals surface area (Å²) in [6.45, 7) is 0. The van der Waals surface area contributed by atoms with Crippen LogP contribution >= 0.6 is 11.6 Å². The molecule has 0 bridgehead atoms. The number of carbonyl (C=O) groups is 1. The van der Waals surface area contributed by atoms with Crippen molar-refractivity contribution in [3.05, 3.63) is 46.8 Å². The topological polar surface area (TPSA) is 130 Å². The number of carbonyl (C=O) groups excluding carboxylic acids is 1. The first kappa shape index (κ1) is 21.3. The largest absolute Gasteiger partial charge is 0.400 e. The van der Waals surface area contributed by atoms with Crippen molar-refractivity contribution in [1.29, 1.82) is 5.41 Å². The number of allylic oxidation sites excluding steroid dienone is 3. The number of nitrogens with one attached hydrogen (secondary N) is 2. The molecule has 2 heterocycles. The minimum absolute atomic E-state index is 0.143. The molecule has 0 radical (unpaired) electrons. The molecular formula is C20H27ClN6O2. The van der Waals surface area contributed by atoms with Crippen LogP contribution in [0, 0.1) is 17.2 Å². The lowest BCUT2D eigenvalue weighted by Crippen LogP contribution is -2.47. The van der Waals surface area contributed by atoms with E-state index in [0.29, 0.717) is 34.9 Å². The zero-order valence-corrected chi connectivity index (χ0v) is 17.3. The molecule has 0 aromatic rings. The van der Waals surface area contributed by atoms with Crippen LogP contribution in [0.1, 0.15) is 12.8 Å². The van der Waals surface area contributed by atoms with Crippen molar-refractivity contribution in [2.75, 3.05) is 14.2 Å². The molecule has 156 valence electrons. The second-order valence-corrected chi connectivity index (χ2v) is 7.76. The van der Waals surface area contributed by atoms with Crippen LogP contribution in [0.15, 0.2) is 51.8 Å². The Bertz CT molecular complexity index is 831. The highest BCUT2D eigenvalue weighted by atomic mass is 35.5. The third-order valence-electron chi connectivity index (χ3n) is 5.54. The molecule has 9 heteroatoms. The Kier molecular flexibility index (Phi) is 6.56. The predicted molar refractivity (Wildman–Crippen MR) is 114 cm³/mol. The summed E-state index contributed by atoms with van der Waals surface area (Å²) in [5.74, 6) is -0.980. The number of rotatable bonds is 5. The SMILES string of the molecule is COC1C=C(C(=O)NC2C=CC=CN2C)CCC1C(=N)C1C(N)=C(Cl)C=NC1N. The van der Waals surface area contributed by atoms with Gasteiger partial charge in [-0.15, -0.1) is 0 Å². The third kappa shape index (κ3) is 4.44. The van der Waals surface area contributed by atoms with Crippen LogP contribution in [0.2, 0.25) is 0 Å². The molecular weight excluding hydrogens is 392 g/mol. The molecule has 2 aliphatic heterocycles. The minimum Gasteiger partial charge on any atom is -0.400 e. The van der Waals surface area contributed by atoms with E-state index in [9.17, 15) is 4.79 Å². The summed E-state index contributed by atoms with van der Waals surface area (Å²) in [6, 6.07) is 0. The zero-order chi connectivity index (χ0) is 21.1. The molecule has 6 N–H and O–H groups in total. The molecule has 5 atom stereocenters. The number of nitrogens with two attached hydrogens (primary N) is 2. The fraction of sp³-hybridized carbons (Fsp3) is 0.450. The van der Waals surface area contributed by atoms with Crippen molar-refractivity contribution in [2.45, 2.75) is 31.3 Å². The van der Waals surface area contributed by atoms with Crippen molar-refractivity contribution in [3.63, 3.8) is 0 Å². The molecule has 3 rings (SSSR count). The van der Waals surface area contributed by atoms with Crippen LogP contribution in [-0.4, -0.2) is 55.3 Å². The number of hydrogen-bond donors (Lipinski definition) is 4. The summed E-state index contributed by atoms with van der Waals surface area (Å²) in [5.41, 5.74) is 13.5. The highest BCUT2D eigenvalue weighted by molar-refractivity contribution is 6.40. The van der Waals surface area contributed by atoms with E-state index in [-0.39, 0.29) is 18.0 Å². The maximum Gasteiger partial charge on any atom is 0.248 e. The normalized spacial score (nSPS) is 31.7. The van der Waals surface area contributed by atoms with Gasteiger partial charge in [0.15, 0.2) is 0 Å². The van der Waals surface area contributed by atoms with Gasteiger partial charge in [0, 0.05) is 49.5 Å². The van der Waals surface area contributed by atoms with Gasteiger partial charge < -0.3 is 31.8 Å². The Morgan fingerprint density at radius 3 is 2.90 bits per heavy atom. The van der Waals surface area contributed by atoms with Gasteiger partial charge in [0.05, 0.1) is 17.1 Å². The summed E-state index contributed by atoms with van der Waals surface area (Å²) in [6.07, 6.45) is 10.7. The third-order valence-corrected chi connectivity index (χ3v) is 5.86. The number of ether oxygens (including phenoxy) is 1. The van der Waals surface area contributed by atoms with Crippen LogP contribution in [0.25, 0.3) is 0 Å². The molecule has 29 heavy (non-hydrogen) atoms. The molecule has 0 saturated carbocycles. The molecule has 3 aliphatic rings. The quantitative estimate of drug-likeness (QED) is 0.498. The van der Waals surface area contributed by atoms with Crippen molar-refractivity contribution in [3.8, 4) is 0 Å². The van der Waals surface area contributed by atoms with Crippen molar-refractivity contribution >= 4 is 29.4 Å². The number of nitrogens with zero attached hydrogens (tertiary/aromatic N) is 2. The molecule has 5 unspecified atom stereocenters. The monoisotopic (exact) mass is 418 g/mol. The van der Waals surface area contributed by atoms with Gasteiger partial charge in [-0.3, -0.25) is 9.79 Å². The number of dihydropyridines is 1. The summed E-state index contributed by atoms with van der Waals surface area (Å²) >= 11 is 6.09. The smallest absolute Gasteiger partial charge is 0.248 e. The maximum absolute atomic E-state index is 12.7. The van der Waals surface area contributed by atoms with Crippen LogP contribution < -0.4 is 16.8 Å². The lowest BCUT2D eigenvalue weighted by Gasteiger charge is -2.35. The predicted octanol–water partition coefficient (Wildman–Crippen LogP) is 1.21. The molecule has 0 saturated heterocycles. The van der Waals surface area contributed by atoms with Crippen LogP contribution in [0.3, 0.4) is 0 Å². The Labute approximate surface area is 175 Å². The number of aliphatic imine (C=N–C) groups is 1. The van der Waals surface area contributed by atoms with Gasteiger partial charge in [0.1, 0.15) is 12.3 Å². The lowest BCUT2D eigenvalue weighted by molar-refractivity contribution is -0.119. The first-order valence-electron chi connectivity index (χ1n) is 9.47. The first-order valence-corrected chi connectivity index (χ1v) is 9.84. The van der Waals surface area contributed by atoms with Gasteiger partial charge in [-0.05, 0) is 31.1 Å². The number of halogens is 1. The van der Waals surface area contributed by atoms with E-state index in [0.717, 1.165) is 0 Å². The molecule has 0 aromatic carbocycles. The van der Waals surface area contributed by atoms with E-state index >= 15 is 0 Å².